The van der Waals surface area contributed by atoms with Crippen molar-refractivity contribution in [1.29, 1.82) is 0 Å². The Morgan fingerprint density at radius 2 is 1.82 bits per heavy atom. The largest absolute Gasteiger partial charge is 0.336 e. The quantitative estimate of drug-likeness (QED) is 0.814. The van der Waals surface area contributed by atoms with Gasteiger partial charge in [0.2, 0.25) is 5.91 Å². The maximum atomic E-state index is 12.7. The molecule has 2 aromatic carbocycles. The molecular formula is C19H20ClNO. The predicted molar refractivity (Wildman–Crippen MR) is 89.8 cm³/mol. The first-order valence-electron chi connectivity index (χ1n) is 7.75. The van der Waals surface area contributed by atoms with Crippen molar-refractivity contribution in [3.63, 3.8) is 0 Å². The van der Waals surface area contributed by atoms with Crippen LogP contribution in [0.4, 0.5) is 0 Å². The maximum absolute atomic E-state index is 12.7. The van der Waals surface area contributed by atoms with E-state index in [0.717, 1.165) is 30.0 Å². The lowest BCUT2D eigenvalue weighted by Crippen LogP contribution is -2.30. The molecule has 0 radical (unpaired) electrons. The van der Waals surface area contributed by atoms with Crippen LogP contribution in [0, 0.1) is 5.92 Å². The van der Waals surface area contributed by atoms with Crippen LogP contribution in [0.25, 0.3) is 0 Å². The number of rotatable bonds is 4. The van der Waals surface area contributed by atoms with Crippen LogP contribution in [0.2, 0.25) is 5.02 Å². The van der Waals surface area contributed by atoms with Crippen LogP contribution in [-0.4, -0.2) is 17.4 Å². The van der Waals surface area contributed by atoms with Gasteiger partial charge in [-0.15, -0.1) is 0 Å². The molecule has 114 valence electrons. The summed E-state index contributed by atoms with van der Waals surface area (Å²) in [5.74, 6) is 0.294. The van der Waals surface area contributed by atoms with Gasteiger partial charge in [-0.3, -0.25) is 4.79 Å². The maximum Gasteiger partial charge on any atom is 0.226 e. The lowest BCUT2D eigenvalue weighted by atomic mass is 9.98. The van der Waals surface area contributed by atoms with Gasteiger partial charge in [0.25, 0.3) is 0 Å². The van der Waals surface area contributed by atoms with Crippen molar-refractivity contribution in [3.8, 4) is 0 Å². The number of halogens is 1. The highest BCUT2D eigenvalue weighted by molar-refractivity contribution is 6.31. The van der Waals surface area contributed by atoms with Gasteiger partial charge in [-0.1, -0.05) is 60.1 Å². The summed E-state index contributed by atoms with van der Waals surface area (Å²) in [6.07, 6.45) is 1.64. The molecular weight excluding hydrogens is 294 g/mol. The molecule has 3 heteroatoms. The van der Waals surface area contributed by atoms with E-state index in [4.69, 9.17) is 11.6 Å². The highest BCUT2D eigenvalue weighted by atomic mass is 35.5. The molecule has 2 aromatic rings. The standard InChI is InChI=1S/C19H20ClNO/c1-14(15-7-3-2-4-8-15)21-12-11-17(19(21)22)13-16-9-5-6-10-18(16)20/h2-10,14,17H,11-13H2,1H3/t14-,17+/m0/s1. The number of carbonyl (C=O) groups excluding carboxylic acids is 1. The first-order valence-corrected chi connectivity index (χ1v) is 8.13. The Kier molecular flexibility index (Phi) is 4.49. The Balaban J connectivity index is 1.71. The Morgan fingerprint density at radius 1 is 1.14 bits per heavy atom. The third-order valence-electron chi connectivity index (χ3n) is 4.52. The predicted octanol–water partition coefficient (Wildman–Crippen LogP) is 4.49. The molecule has 2 nitrogen and oxygen atoms in total. The third kappa shape index (κ3) is 3.02. The van der Waals surface area contributed by atoms with E-state index in [9.17, 15) is 4.79 Å². The molecule has 1 aliphatic heterocycles. The number of nitrogens with zero attached hydrogens (tertiary/aromatic N) is 1. The summed E-state index contributed by atoms with van der Waals surface area (Å²) in [7, 11) is 0. The minimum absolute atomic E-state index is 0.0473. The Bertz CT molecular complexity index is 655. The minimum atomic E-state index is 0.0473. The lowest BCUT2D eigenvalue weighted by molar-refractivity contribution is -0.132. The van der Waals surface area contributed by atoms with Gasteiger partial charge in [-0.05, 0) is 37.0 Å². The molecule has 0 N–H and O–H groups in total. The van der Waals surface area contributed by atoms with E-state index >= 15 is 0 Å². The summed E-state index contributed by atoms with van der Waals surface area (Å²) in [5.41, 5.74) is 2.26. The van der Waals surface area contributed by atoms with Crippen LogP contribution in [0.15, 0.2) is 54.6 Å². The molecule has 1 fully saturated rings. The fourth-order valence-electron chi connectivity index (χ4n) is 3.18. The molecule has 2 atom stereocenters. The average Bonchev–Trinajstić information content (AvgIpc) is 2.91. The van der Waals surface area contributed by atoms with Gasteiger partial charge < -0.3 is 4.90 Å². The number of amides is 1. The summed E-state index contributed by atoms with van der Waals surface area (Å²) in [6, 6.07) is 18.1. The van der Waals surface area contributed by atoms with Crippen molar-refractivity contribution in [2.45, 2.75) is 25.8 Å². The summed E-state index contributed by atoms with van der Waals surface area (Å²) >= 11 is 6.22. The van der Waals surface area contributed by atoms with E-state index < -0.39 is 0 Å². The van der Waals surface area contributed by atoms with Crippen LogP contribution in [-0.2, 0) is 11.2 Å². The Morgan fingerprint density at radius 3 is 2.55 bits per heavy atom. The van der Waals surface area contributed by atoms with Crippen LogP contribution in [0.1, 0.15) is 30.5 Å². The van der Waals surface area contributed by atoms with Crippen molar-refractivity contribution >= 4 is 17.5 Å². The summed E-state index contributed by atoms with van der Waals surface area (Å²) in [6.45, 7) is 2.93. The van der Waals surface area contributed by atoms with Gasteiger partial charge in [0.1, 0.15) is 0 Å². The number of hydrogen-bond acceptors (Lipinski definition) is 1. The topological polar surface area (TPSA) is 20.3 Å². The molecule has 22 heavy (non-hydrogen) atoms. The monoisotopic (exact) mass is 313 g/mol. The highest BCUT2D eigenvalue weighted by Gasteiger charge is 2.34. The summed E-state index contributed by atoms with van der Waals surface area (Å²) < 4.78 is 0. The third-order valence-corrected chi connectivity index (χ3v) is 4.89. The van der Waals surface area contributed by atoms with E-state index in [1.54, 1.807) is 0 Å². The molecule has 0 bridgehead atoms. The van der Waals surface area contributed by atoms with Gasteiger partial charge in [0.15, 0.2) is 0 Å². The van der Waals surface area contributed by atoms with E-state index in [-0.39, 0.29) is 17.9 Å². The molecule has 1 aliphatic rings. The van der Waals surface area contributed by atoms with Crippen LogP contribution in [0.5, 0.6) is 0 Å². The zero-order chi connectivity index (χ0) is 15.5. The van der Waals surface area contributed by atoms with Gasteiger partial charge >= 0.3 is 0 Å². The van der Waals surface area contributed by atoms with Crippen LogP contribution in [0.3, 0.4) is 0 Å². The SMILES string of the molecule is C[C@@H](c1ccccc1)N1CC[C@H](Cc2ccccc2Cl)C1=O. The van der Waals surface area contributed by atoms with E-state index in [2.05, 4.69) is 19.1 Å². The molecule has 1 saturated heterocycles. The molecule has 3 rings (SSSR count). The number of hydrogen-bond donors (Lipinski definition) is 0. The molecule has 0 aromatic heterocycles. The number of likely N-dealkylation sites (tertiary alicyclic amines) is 1. The first-order chi connectivity index (χ1) is 10.7. The zero-order valence-electron chi connectivity index (χ0n) is 12.7. The Hall–Kier alpha value is -1.80. The second-order valence-corrected chi connectivity index (χ2v) is 6.31. The van der Waals surface area contributed by atoms with Gasteiger partial charge in [0.05, 0.1) is 6.04 Å². The summed E-state index contributed by atoms with van der Waals surface area (Å²) in [4.78, 5) is 14.7. The fraction of sp³-hybridized carbons (Fsp3) is 0.316. The van der Waals surface area contributed by atoms with Crippen LogP contribution < -0.4 is 0 Å². The summed E-state index contributed by atoms with van der Waals surface area (Å²) in [5, 5.41) is 0.754. The van der Waals surface area contributed by atoms with Crippen molar-refractivity contribution in [2.24, 2.45) is 5.92 Å². The average molecular weight is 314 g/mol. The van der Waals surface area contributed by atoms with E-state index in [1.165, 1.54) is 5.56 Å². The molecule has 1 amide bonds. The molecule has 0 unspecified atom stereocenters. The normalized spacial score (nSPS) is 19.5. The molecule has 0 saturated carbocycles. The minimum Gasteiger partial charge on any atom is -0.336 e. The number of carbonyl (C=O) groups is 1. The second kappa shape index (κ2) is 6.53. The lowest BCUT2D eigenvalue weighted by Gasteiger charge is -2.25. The van der Waals surface area contributed by atoms with E-state index in [1.807, 2.05) is 47.4 Å². The first kappa shape index (κ1) is 15.1. The van der Waals surface area contributed by atoms with Gasteiger partial charge in [-0.2, -0.15) is 0 Å². The van der Waals surface area contributed by atoms with Crippen molar-refractivity contribution in [3.05, 3.63) is 70.7 Å². The van der Waals surface area contributed by atoms with Gasteiger partial charge in [0, 0.05) is 17.5 Å². The highest BCUT2D eigenvalue weighted by Crippen LogP contribution is 2.31. The van der Waals surface area contributed by atoms with Crippen molar-refractivity contribution < 1.29 is 4.79 Å². The van der Waals surface area contributed by atoms with Crippen LogP contribution >= 0.6 is 11.6 Å². The van der Waals surface area contributed by atoms with Crippen molar-refractivity contribution in [2.75, 3.05) is 6.54 Å². The smallest absolute Gasteiger partial charge is 0.226 e. The van der Waals surface area contributed by atoms with Gasteiger partial charge in [-0.25, -0.2) is 0 Å². The molecule has 0 spiro atoms. The number of benzene rings is 2. The zero-order valence-corrected chi connectivity index (χ0v) is 13.5. The Labute approximate surface area is 136 Å². The molecule has 1 heterocycles. The van der Waals surface area contributed by atoms with E-state index in [0.29, 0.717) is 0 Å². The molecule has 0 aliphatic carbocycles. The second-order valence-electron chi connectivity index (χ2n) is 5.90. The fourth-order valence-corrected chi connectivity index (χ4v) is 3.39. The van der Waals surface area contributed by atoms with Crippen molar-refractivity contribution in [1.82, 2.24) is 4.90 Å².